The highest BCUT2D eigenvalue weighted by molar-refractivity contribution is 5.39. The zero-order valence-corrected chi connectivity index (χ0v) is 12.2. The molecule has 1 fully saturated rings. The molecule has 21 heavy (non-hydrogen) atoms. The summed E-state index contributed by atoms with van der Waals surface area (Å²) >= 11 is 0. The smallest absolute Gasteiger partial charge is 0.125 e. The molecule has 0 bridgehead atoms. The number of hydrogen-bond donors (Lipinski definition) is 2. The standard InChI is InChI=1S/C18H21NO2/c19-13-9-17(20)16-7-5-6-15(14-16)8-12-18(21)10-3-1-2-4-11-18/h5-7,14,17,20-21H,1-4,9-11H2. The number of aliphatic hydroxyl groups is 2. The van der Waals surface area contributed by atoms with Gasteiger partial charge in [0.2, 0.25) is 0 Å². The maximum atomic E-state index is 10.5. The van der Waals surface area contributed by atoms with Crippen molar-refractivity contribution in [1.29, 1.82) is 5.26 Å². The van der Waals surface area contributed by atoms with Crippen molar-refractivity contribution in [3.63, 3.8) is 0 Å². The van der Waals surface area contributed by atoms with Crippen LogP contribution in [-0.2, 0) is 0 Å². The van der Waals surface area contributed by atoms with Crippen molar-refractivity contribution >= 4 is 0 Å². The largest absolute Gasteiger partial charge is 0.387 e. The lowest BCUT2D eigenvalue weighted by Gasteiger charge is -2.19. The van der Waals surface area contributed by atoms with Crippen molar-refractivity contribution < 1.29 is 10.2 Å². The number of nitriles is 1. The van der Waals surface area contributed by atoms with Gasteiger partial charge in [-0.3, -0.25) is 0 Å². The fraction of sp³-hybridized carbons (Fsp3) is 0.500. The van der Waals surface area contributed by atoms with E-state index in [9.17, 15) is 10.2 Å². The summed E-state index contributed by atoms with van der Waals surface area (Å²) in [5.74, 6) is 6.04. The molecule has 1 aliphatic carbocycles. The Morgan fingerprint density at radius 2 is 1.90 bits per heavy atom. The van der Waals surface area contributed by atoms with E-state index in [0.29, 0.717) is 5.56 Å². The fourth-order valence-corrected chi connectivity index (χ4v) is 2.65. The third-order valence-electron chi connectivity index (χ3n) is 3.93. The van der Waals surface area contributed by atoms with Crippen LogP contribution in [-0.4, -0.2) is 15.8 Å². The molecule has 0 radical (unpaired) electrons. The minimum absolute atomic E-state index is 0.0703. The molecule has 0 saturated heterocycles. The molecule has 2 N–H and O–H groups in total. The van der Waals surface area contributed by atoms with E-state index >= 15 is 0 Å². The van der Waals surface area contributed by atoms with Crippen LogP contribution in [0, 0.1) is 23.2 Å². The SMILES string of the molecule is N#CCC(O)c1cccc(C#CC2(O)CCCCCC2)c1. The highest BCUT2D eigenvalue weighted by atomic mass is 16.3. The van der Waals surface area contributed by atoms with Crippen LogP contribution in [0.2, 0.25) is 0 Å². The molecule has 1 aromatic carbocycles. The van der Waals surface area contributed by atoms with Crippen molar-refractivity contribution in [3.8, 4) is 17.9 Å². The van der Waals surface area contributed by atoms with E-state index in [4.69, 9.17) is 5.26 Å². The van der Waals surface area contributed by atoms with E-state index in [2.05, 4.69) is 11.8 Å². The predicted molar refractivity (Wildman–Crippen MR) is 81.2 cm³/mol. The first-order valence-corrected chi connectivity index (χ1v) is 7.53. The van der Waals surface area contributed by atoms with Gasteiger partial charge in [0.05, 0.1) is 18.6 Å². The van der Waals surface area contributed by atoms with Gasteiger partial charge >= 0.3 is 0 Å². The Morgan fingerprint density at radius 3 is 2.57 bits per heavy atom. The van der Waals surface area contributed by atoms with Crippen LogP contribution in [0.25, 0.3) is 0 Å². The van der Waals surface area contributed by atoms with Crippen molar-refractivity contribution in [1.82, 2.24) is 0 Å². The molecular weight excluding hydrogens is 262 g/mol. The van der Waals surface area contributed by atoms with Crippen LogP contribution in [0.4, 0.5) is 0 Å². The monoisotopic (exact) mass is 283 g/mol. The molecule has 1 saturated carbocycles. The molecule has 1 aromatic rings. The molecule has 0 aliphatic heterocycles. The van der Waals surface area contributed by atoms with Crippen molar-refractivity contribution in [3.05, 3.63) is 35.4 Å². The summed E-state index contributed by atoms with van der Waals surface area (Å²) in [6.07, 6.45) is 5.13. The number of benzene rings is 1. The van der Waals surface area contributed by atoms with Crippen molar-refractivity contribution in [2.24, 2.45) is 0 Å². The van der Waals surface area contributed by atoms with Gasteiger partial charge in [-0.2, -0.15) is 5.26 Å². The Balaban J connectivity index is 2.14. The molecule has 3 nitrogen and oxygen atoms in total. The maximum absolute atomic E-state index is 10.5. The summed E-state index contributed by atoms with van der Waals surface area (Å²) in [7, 11) is 0. The van der Waals surface area contributed by atoms with Crippen molar-refractivity contribution in [2.75, 3.05) is 0 Å². The summed E-state index contributed by atoms with van der Waals surface area (Å²) in [4.78, 5) is 0. The Kier molecular flexibility index (Phi) is 5.39. The summed E-state index contributed by atoms with van der Waals surface area (Å²) in [6.45, 7) is 0. The first kappa shape index (κ1) is 15.6. The summed E-state index contributed by atoms with van der Waals surface area (Å²) < 4.78 is 0. The fourth-order valence-electron chi connectivity index (χ4n) is 2.65. The maximum Gasteiger partial charge on any atom is 0.125 e. The van der Waals surface area contributed by atoms with Gasteiger partial charge in [0.15, 0.2) is 0 Å². The second-order valence-electron chi connectivity index (χ2n) is 5.70. The minimum Gasteiger partial charge on any atom is -0.387 e. The average Bonchev–Trinajstić information content (AvgIpc) is 2.71. The van der Waals surface area contributed by atoms with Gasteiger partial charge in [0.25, 0.3) is 0 Å². The van der Waals surface area contributed by atoms with Gasteiger partial charge in [-0.15, -0.1) is 0 Å². The number of rotatable bonds is 2. The van der Waals surface area contributed by atoms with E-state index in [1.165, 1.54) is 12.8 Å². The topological polar surface area (TPSA) is 64.2 Å². The first-order chi connectivity index (χ1) is 10.1. The zero-order chi connectivity index (χ0) is 15.1. The second-order valence-corrected chi connectivity index (χ2v) is 5.70. The molecule has 0 amide bonds. The molecule has 3 heteroatoms. The Labute approximate surface area is 126 Å². The lowest BCUT2D eigenvalue weighted by molar-refractivity contribution is 0.0849. The van der Waals surface area contributed by atoms with Gasteiger partial charge in [0.1, 0.15) is 5.60 Å². The Morgan fingerprint density at radius 1 is 1.19 bits per heavy atom. The molecule has 1 unspecified atom stereocenters. The molecule has 110 valence electrons. The van der Waals surface area contributed by atoms with E-state index in [1.54, 1.807) is 12.1 Å². The third kappa shape index (κ3) is 4.60. The van der Waals surface area contributed by atoms with Crippen molar-refractivity contribution in [2.45, 2.75) is 56.7 Å². The lowest BCUT2D eigenvalue weighted by atomic mass is 9.94. The second kappa shape index (κ2) is 7.27. The van der Waals surface area contributed by atoms with Gasteiger partial charge < -0.3 is 10.2 Å². The highest BCUT2D eigenvalue weighted by Crippen LogP contribution is 2.26. The Hall–Kier alpha value is -1.81. The number of nitrogens with zero attached hydrogens (tertiary/aromatic N) is 1. The molecule has 1 aliphatic rings. The molecule has 0 heterocycles. The number of aliphatic hydroxyl groups excluding tert-OH is 1. The summed E-state index contributed by atoms with van der Waals surface area (Å²) in [5.41, 5.74) is 0.580. The molecular formula is C18H21NO2. The third-order valence-corrected chi connectivity index (χ3v) is 3.93. The first-order valence-electron chi connectivity index (χ1n) is 7.53. The van der Waals surface area contributed by atoms with Crippen LogP contribution in [0.1, 0.15) is 62.2 Å². The van der Waals surface area contributed by atoms with Crippen LogP contribution in [0.15, 0.2) is 24.3 Å². The average molecular weight is 283 g/mol. The van der Waals surface area contributed by atoms with Crippen LogP contribution >= 0.6 is 0 Å². The van der Waals surface area contributed by atoms with Crippen LogP contribution in [0.3, 0.4) is 0 Å². The van der Waals surface area contributed by atoms with E-state index in [0.717, 1.165) is 31.2 Å². The van der Waals surface area contributed by atoms with E-state index < -0.39 is 11.7 Å². The van der Waals surface area contributed by atoms with Crippen LogP contribution in [0.5, 0.6) is 0 Å². The van der Waals surface area contributed by atoms with Gasteiger partial charge in [-0.1, -0.05) is 36.8 Å². The molecule has 2 rings (SSSR count). The van der Waals surface area contributed by atoms with Gasteiger partial charge in [-0.05, 0) is 43.4 Å². The summed E-state index contributed by atoms with van der Waals surface area (Å²) in [6, 6.07) is 9.20. The zero-order valence-electron chi connectivity index (χ0n) is 12.2. The normalized spacial score (nSPS) is 18.7. The van der Waals surface area contributed by atoms with Gasteiger partial charge in [-0.25, -0.2) is 0 Å². The van der Waals surface area contributed by atoms with Crippen LogP contribution < -0.4 is 0 Å². The minimum atomic E-state index is -0.877. The van der Waals surface area contributed by atoms with E-state index in [1.807, 2.05) is 18.2 Å². The summed E-state index contributed by atoms with van der Waals surface area (Å²) in [5, 5.41) is 29.0. The molecule has 0 spiro atoms. The predicted octanol–water partition coefficient (Wildman–Crippen LogP) is 3.07. The van der Waals surface area contributed by atoms with E-state index in [-0.39, 0.29) is 6.42 Å². The lowest BCUT2D eigenvalue weighted by Crippen LogP contribution is -2.25. The molecule has 0 aromatic heterocycles. The Bertz CT molecular complexity index is 569. The molecule has 1 atom stereocenters. The number of hydrogen-bond acceptors (Lipinski definition) is 3. The highest BCUT2D eigenvalue weighted by Gasteiger charge is 2.25. The quantitative estimate of drug-likeness (QED) is 0.647. The van der Waals surface area contributed by atoms with Gasteiger partial charge in [0, 0.05) is 5.56 Å².